The number of anilines is 1. The van der Waals surface area contributed by atoms with E-state index in [0.717, 1.165) is 43.4 Å². The first-order chi connectivity index (χ1) is 15.4. The van der Waals surface area contributed by atoms with Gasteiger partial charge in [0, 0.05) is 17.7 Å². The summed E-state index contributed by atoms with van der Waals surface area (Å²) < 4.78 is 5.80. The molecule has 1 aliphatic rings. The zero-order chi connectivity index (χ0) is 22.7. The fraction of sp³-hybridized carbons (Fsp3) is 0.261. The zero-order valence-electron chi connectivity index (χ0n) is 17.0. The topological polar surface area (TPSA) is 79.7 Å². The molecule has 0 unspecified atom stereocenters. The monoisotopic (exact) mass is 490 g/mol. The van der Waals surface area contributed by atoms with E-state index >= 15 is 0 Å². The predicted molar refractivity (Wildman–Crippen MR) is 126 cm³/mol. The number of halogens is 2. The Bertz CT molecular complexity index is 1130. The van der Waals surface area contributed by atoms with Gasteiger partial charge in [0.25, 0.3) is 5.91 Å². The number of thiazole rings is 1. The number of rotatable bonds is 6. The molecule has 166 valence electrons. The molecule has 1 heterocycles. The standard InChI is InChI=1S/C23H20Cl2N2O4S/c24-18-11-10-17(12-19(18)25)31-16-8-6-14(7-9-16)21(28)27(15-4-2-1-3-5-15)23-26-13-20(32-23)22(29)30/h6-13,15H,1-5H2,(H,29,30). The van der Waals surface area contributed by atoms with Gasteiger partial charge in [0.05, 0.1) is 16.2 Å². The highest BCUT2D eigenvalue weighted by atomic mass is 35.5. The van der Waals surface area contributed by atoms with Crippen LogP contribution in [0, 0.1) is 0 Å². The minimum absolute atomic E-state index is 0.00354. The Morgan fingerprint density at radius 3 is 2.31 bits per heavy atom. The third-order valence-corrected chi connectivity index (χ3v) is 7.02. The number of benzene rings is 2. The Morgan fingerprint density at radius 1 is 1.00 bits per heavy atom. The molecule has 2 aromatic carbocycles. The van der Waals surface area contributed by atoms with Crippen LogP contribution in [0.15, 0.2) is 48.7 Å². The van der Waals surface area contributed by atoms with E-state index in [4.69, 9.17) is 27.9 Å². The molecule has 1 aromatic heterocycles. The lowest BCUT2D eigenvalue weighted by atomic mass is 9.94. The SMILES string of the molecule is O=C(O)c1cnc(N(C(=O)c2ccc(Oc3ccc(Cl)c(Cl)c3)cc2)C2CCCCC2)s1. The smallest absolute Gasteiger partial charge is 0.347 e. The number of hydrogen-bond acceptors (Lipinski definition) is 5. The lowest BCUT2D eigenvalue weighted by molar-refractivity contribution is 0.0701. The van der Waals surface area contributed by atoms with Crippen LogP contribution in [0.5, 0.6) is 11.5 Å². The number of hydrogen-bond donors (Lipinski definition) is 1. The number of nitrogens with zero attached hydrogens (tertiary/aromatic N) is 2. The van der Waals surface area contributed by atoms with Crippen molar-refractivity contribution in [3.63, 3.8) is 0 Å². The average molecular weight is 491 g/mol. The minimum Gasteiger partial charge on any atom is -0.477 e. The minimum atomic E-state index is -1.05. The summed E-state index contributed by atoms with van der Waals surface area (Å²) in [4.78, 5) is 30.8. The molecule has 32 heavy (non-hydrogen) atoms. The summed E-state index contributed by atoms with van der Waals surface area (Å²) in [6.45, 7) is 0. The van der Waals surface area contributed by atoms with Gasteiger partial charge in [-0.3, -0.25) is 9.69 Å². The summed E-state index contributed by atoms with van der Waals surface area (Å²) >= 11 is 13.0. The summed E-state index contributed by atoms with van der Waals surface area (Å²) in [7, 11) is 0. The van der Waals surface area contributed by atoms with Crippen molar-refractivity contribution in [3.05, 3.63) is 69.1 Å². The van der Waals surface area contributed by atoms with Gasteiger partial charge in [-0.1, -0.05) is 53.8 Å². The third-order valence-electron chi connectivity index (χ3n) is 5.30. The van der Waals surface area contributed by atoms with E-state index in [1.807, 2.05) is 0 Å². The summed E-state index contributed by atoms with van der Waals surface area (Å²) in [6.07, 6.45) is 6.24. The molecule has 1 saturated carbocycles. The van der Waals surface area contributed by atoms with Crippen LogP contribution in [0.1, 0.15) is 52.1 Å². The van der Waals surface area contributed by atoms with Gasteiger partial charge in [0.2, 0.25) is 0 Å². The van der Waals surface area contributed by atoms with Crippen molar-refractivity contribution < 1.29 is 19.4 Å². The second kappa shape index (κ2) is 9.90. The molecule has 9 heteroatoms. The van der Waals surface area contributed by atoms with Gasteiger partial charge >= 0.3 is 5.97 Å². The molecule has 0 spiro atoms. The molecule has 1 amide bonds. The fourth-order valence-electron chi connectivity index (χ4n) is 3.70. The van der Waals surface area contributed by atoms with Crippen molar-refractivity contribution in [2.75, 3.05) is 4.90 Å². The van der Waals surface area contributed by atoms with E-state index in [1.54, 1.807) is 47.4 Å². The lowest BCUT2D eigenvalue weighted by Crippen LogP contribution is -2.41. The van der Waals surface area contributed by atoms with Crippen LogP contribution < -0.4 is 9.64 Å². The molecule has 0 atom stereocenters. The second-order valence-corrected chi connectivity index (χ2v) is 9.31. The maximum Gasteiger partial charge on any atom is 0.347 e. The van der Waals surface area contributed by atoms with Gasteiger partial charge in [0.1, 0.15) is 16.4 Å². The van der Waals surface area contributed by atoms with Gasteiger partial charge in [0.15, 0.2) is 5.13 Å². The molecule has 1 fully saturated rings. The Morgan fingerprint density at radius 2 is 1.69 bits per heavy atom. The highest BCUT2D eigenvalue weighted by Crippen LogP contribution is 2.33. The Hall–Kier alpha value is -2.61. The van der Waals surface area contributed by atoms with E-state index in [0.29, 0.717) is 32.2 Å². The summed E-state index contributed by atoms with van der Waals surface area (Å²) in [5.41, 5.74) is 0.476. The summed E-state index contributed by atoms with van der Waals surface area (Å²) in [5.74, 6) is -0.171. The number of carboxylic acids is 1. The first kappa shape index (κ1) is 22.6. The molecule has 0 saturated heterocycles. The first-order valence-corrected chi connectivity index (χ1v) is 11.8. The van der Waals surface area contributed by atoms with Crippen LogP contribution >= 0.6 is 34.5 Å². The van der Waals surface area contributed by atoms with E-state index in [-0.39, 0.29) is 16.8 Å². The van der Waals surface area contributed by atoms with Crippen LogP contribution in [0.3, 0.4) is 0 Å². The molecule has 1 aliphatic carbocycles. The Balaban J connectivity index is 1.57. The van der Waals surface area contributed by atoms with E-state index in [2.05, 4.69) is 4.98 Å². The fourth-order valence-corrected chi connectivity index (χ4v) is 4.82. The van der Waals surface area contributed by atoms with Crippen molar-refractivity contribution in [1.82, 2.24) is 4.98 Å². The molecule has 6 nitrogen and oxygen atoms in total. The van der Waals surface area contributed by atoms with Crippen LogP contribution in [0.2, 0.25) is 10.0 Å². The first-order valence-electron chi connectivity index (χ1n) is 10.2. The normalized spacial score (nSPS) is 14.2. The average Bonchev–Trinajstić information content (AvgIpc) is 3.28. The van der Waals surface area contributed by atoms with Gasteiger partial charge in [-0.25, -0.2) is 9.78 Å². The molecule has 0 radical (unpaired) electrons. The number of amides is 1. The van der Waals surface area contributed by atoms with Crippen molar-refractivity contribution in [2.24, 2.45) is 0 Å². The van der Waals surface area contributed by atoms with Gasteiger partial charge in [-0.15, -0.1) is 0 Å². The van der Waals surface area contributed by atoms with E-state index in [1.165, 1.54) is 6.20 Å². The number of aromatic nitrogens is 1. The molecular weight excluding hydrogens is 471 g/mol. The lowest BCUT2D eigenvalue weighted by Gasteiger charge is -2.32. The van der Waals surface area contributed by atoms with Crippen LogP contribution in [0.25, 0.3) is 0 Å². The van der Waals surface area contributed by atoms with E-state index in [9.17, 15) is 14.7 Å². The molecule has 0 aliphatic heterocycles. The van der Waals surface area contributed by atoms with Crippen LogP contribution in [-0.2, 0) is 0 Å². The molecule has 0 bridgehead atoms. The molecular formula is C23H20Cl2N2O4S. The highest BCUT2D eigenvalue weighted by Gasteiger charge is 2.30. The van der Waals surface area contributed by atoms with Crippen molar-refractivity contribution >= 4 is 51.5 Å². The van der Waals surface area contributed by atoms with Gasteiger partial charge in [-0.05, 0) is 49.2 Å². The van der Waals surface area contributed by atoms with Crippen LogP contribution in [-0.4, -0.2) is 28.0 Å². The number of aromatic carboxylic acids is 1. The van der Waals surface area contributed by atoms with Gasteiger partial charge < -0.3 is 9.84 Å². The van der Waals surface area contributed by atoms with Crippen LogP contribution in [0.4, 0.5) is 5.13 Å². The number of carbonyl (C=O) groups is 2. The largest absolute Gasteiger partial charge is 0.477 e. The van der Waals surface area contributed by atoms with Crippen molar-refractivity contribution in [2.45, 2.75) is 38.1 Å². The highest BCUT2D eigenvalue weighted by molar-refractivity contribution is 7.17. The molecule has 1 N–H and O–H groups in total. The maximum absolute atomic E-state index is 13.4. The Kier molecular flexibility index (Phi) is 6.98. The predicted octanol–water partition coefficient (Wildman–Crippen LogP) is 6.92. The molecule has 3 aromatic rings. The number of ether oxygens (including phenoxy) is 1. The maximum atomic E-state index is 13.4. The van der Waals surface area contributed by atoms with Crippen molar-refractivity contribution in [1.29, 1.82) is 0 Å². The number of carbonyl (C=O) groups excluding carboxylic acids is 1. The molecule has 4 rings (SSSR count). The van der Waals surface area contributed by atoms with E-state index < -0.39 is 5.97 Å². The third kappa shape index (κ3) is 5.06. The zero-order valence-corrected chi connectivity index (χ0v) is 19.3. The van der Waals surface area contributed by atoms with Gasteiger partial charge in [-0.2, -0.15) is 0 Å². The Labute approximate surface area is 199 Å². The van der Waals surface area contributed by atoms with Crippen molar-refractivity contribution in [3.8, 4) is 11.5 Å². The number of carboxylic acid groups (broad SMARTS) is 1. The summed E-state index contributed by atoms with van der Waals surface area (Å²) in [5, 5.41) is 10.5. The second-order valence-electron chi connectivity index (χ2n) is 7.48. The quantitative estimate of drug-likeness (QED) is 0.405. The summed E-state index contributed by atoms with van der Waals surface area (Å²) in [6, 6.07) is 11.8.